The van der Waals surface area contributed by atoms with Crippen molar-refractivity contribution in [1.82, 2.24) is 9.55 Å². The largest absolute Gasteiger partial charge is 0.695 e. The molecule has 7 atom stereocenters. The summed E-state index contributed by atoms with van der Waals surface area (Å²) in [7, 11) is -3.01. The predicted molar refractivity (Wildman–Crippen MR) is 115 cm³/mol. The Labute approximate surface area is 183 Å². The van der Waals surface area contributed by atoms with Gasteiger partial charge in [-0.3, -0.25) is 4.57 Å². The zero-order valence-corrected chi connectivity index (χ0v) is 19.5. The zero-order valence-electron chi connectivity index (χ0n) is 18.6. The Balaban J connectivity index is 2.14. The lowest BCUT2D eigenvalue weighted by Crippen LogP contribution is -2.37. The number of nitrogen functional groups attached to an aromatic ring is 1. The van der Waals surface area contributed by atoms with E-state index in [0.29, 0.717) is 11.8 Å². The average molecular weight is 458 g/mol. The van der Waals surface area contributed by atoms with Gasteiger partial charge in [-0.1, -0.05) is 27.2 Å². The maximum atomic E-state index is 12.1. The van der Waals surface area contributed by atoms with Gasteiger partial charge in [-0.2, -0.15) is 4.98 Å². The van der Waals surface area contributed by atoms with Crippen molar-refractivity contribution in [1.29, 1.82) is 0 Å². The lowest BCUT2D eigenvalue weighted by molar-refractivity contribution is -0.0588. The number of anilines is 1. The Morgan fingerprint density at radius 2 is 2.06 bits per heavy atom. The van der Waals surface area contributed by atoms with Gasteiger partial charge in [0.1, 0.15) is 24.6 Å². The van der Waals surface area contributed by atoms with Gasteiger partial charge >= 0.3 is 13.9 Å². The number of aromatic nitrogens is 2. The van der Waals surface area contributed by atoms with Crippen LogP contribution in [0.25, 0.3) is 0 Å². The molecule has 0 amide bonds. The first-order valence-electron chi connectivity index (χ1n) is 10.3. The molecule has 0 spiro atoms. The van der Waals surface area contributed by atoms with Crippen molar-refractivity contribution in [3.63, 3.8) is 0 Å². The Kier molecular flexibility index (Phi) is 9.14. The maximum Gasteiger partial charge on any atom is 0.695 e. The van der Waals surface area contributed by atoms with Crippen LogP contribution in [-0.2, 0) is 18.6 Å². The first-order valence-corrected chi connectivity index (χ1v) is 11.5. The van der Waals surface area contributed by atoms with Gasteiger partial charge < -0.3 is 20.3 Å². The summed E-state index contributed by atoms with van der Waals surface area (Å²) in [4.78, 5) is 25.0. The third-order valence-electron chi connectivity index (χ3n) is 5.96. The molecule has 10 nitrogen and oxygen atoms in total. The van der Waals surface area contributed by atoms with Crippen molar-refractivity contribution >= 4 is 14.1 Å². The fourth-order valence-corrected chi connectivity index (χ4v) is 3.97. The molecule has 0 aromatic carbocycles. The van der Waals surface area contributed by atoms with Crippen molar-refractivity contribution in [2.45, 2.75) is 72.0 Å². The second-order valence-corrected chi connectivity index (χ2v) is 8.81. The van der Waals surface area contributed by atoms with Gasteiger partial charge in [-0.25, -0.2) is 4.79 Å². The molecule has 2 heterocycles. The number of allylic oxidation sites excluding steroid dienone is 2. The number of aliphatic hydroxyl groups excluding tert-OH is 1. The standard InChI is InChI=1S/C20H32N3O7P/c1-6-11(2)12(3)9-13(4)14(5)28-10-15-18(30-31(26)27)17(24)19(29-15)23-8-7-16(21)22-20(23)25/h7-8,11-12,15,17-19,24H,6,9-10H2,1-5H3,(H2-,21,22,25,26,27)/p+1/b14-13-/t11?,12?,15-,17-,18-,19-/m1/s1. The Morgan fingerprint density at radius 3 is 2.65 bits per heavy atom. The lowest BCUT2D eigenvalue weighted by atomic mass is 9.88. The summed E-state index contributed by atoms with van der Waals surface area (Å²) in [6.07, 6.45) is -1.29. The van der Waals surface area contributed by atoms with E-state index in [9.17, 15) is 19.4 Å². The Bertz CT molecular complexity index is 859. The van der Waals surface area contributed by atoms with Crippen molar-refractivity contribution in [3.8, 4) is 0 Å². The van der Waals surface area contributed by atoms with Crippen LogP contribution in [0.1, 0.15) is 53.7 Å². The summed E-state index contributed by atoms with van der Waals surface area (Å²) >= 11 is 0. The van der Waals surface area contributed by atoms with Crippen LogP contribution in [0.5, 0.6) is 0 Å². The van der Waals surface area contributed by atoms with Gasteiger partial charge in [0.15, 0.2) is 12.3 Å². The lowest BCUT2D eigenvalue weighted by Gasteiger charge is -2.21. The fraction of sp³-hybridized carbons (Fsp3) is 0.700. The number of rotatable bonds is 10. The van der Waals surface area contributed by atoms with Crippen molar-refractivity contribution in [2.75, 3.05) is 12.3 Å². The van der Waals surface area contributed by atoms with Crippen molar-refractivity contribution in [2.24, 2.45) is 11.8 Å². The van der Waals surface area contributed by atoms with Crippen LogP contribution in [-0.4, -0.2) is 44.5 Å². The van der Waals surface area contributed by atoms with Crippen LogP contribution < -0.4 is 11.4 Å². The second kappa shape index (κ2) is 11.2. The molecule has 1 aliphatic rings. The molecule has 4 N–H and O–H groups in total. The van der Waals surface area contributed by atoms with E-state index in [4.69, 9.17) is 19.7 Å². The van der Waals surface area contributed by atoms with Crippen LogP contribution in [0, 0.1) is 11.8 Å². The SMILES string of the molecule is CCC(C)C(C)C/C(C)=C(/C)OC[C@H]1O[C@@H](n2ccc(N)nc2=O)[C@H](O)[C@@H]1O[P+](=O)O. The molecule has 0 radical (unpaired) electrons. The van der Waals surface area contributed by atoms with E-state index in [-0.39, 0.29) is 12.4 Å². The Morgan fingerprint density at radius 1 is 1.39 bits per heavy atom. The molecule has 0 saturated carbocycles. The van der Waals surface area contributed by atoms with E-state index < -0.39 is 38.5 Å². The maximum absolute atomic E-state index is 12.1. The third-order valence-corrected chi connectivity index (χ3v) is 6.38. The zero-order chi connectivity index (χ0) is 23.3. The molecule has 0 bridgehead atoms. The quantitative estimate of drug-likeness (QED) is 0.355. The molecule has 1 saturated heterocycles. The summed E-state index contributed by atoms with van der Waals surface area (Å²) in [5, 5.41) is 10.6. The van der Waals surface area contributed by atoms with E-state index in [2.05, 4.69) is 25.8 Å². The summed E-state index contributed by atoms with van der Waals surface area (Å²) in [5.74, 6) is 1.83. The van der Waals surface area contributed by atoms with Crippen LogP contribution in [0.15, 0.2) is 28.4 Å². The molecular formula is C20H33N3O7P+. The monoisotopic (exact) mass is 458 g/mol. The van der Waals surface area contributed by atoms with E-state index in [1.165, 1.54) is 12.3 Å². The highest BCUT2D eigenvalue weighted by molar-refractivity contribution is 7.32. The van der Waals surface area contributed by atoms with E-state index in [1.807, 2.05) is 13.8 Å². The number of nitrogens with two attached hydrogens (primary N) is 1. The topological polar surface area (TPSA) is 146 Å². The minimum absolute atomic E-state index is 0.0283. The number of aliphatic hydroxyl groups is 1. The van der Waals surface area contributed by atoms with Crippen LogP contribution in [0.2, 0.25) is 0 Å². The fourth-order valence-electron chi connectivity index (χ4n) is 3.50. The highest BCUT2D eigenvalue weighted by Crippen LogP contribution is 2.36. The first kappa shape index (κ1) is 25.4. The molecule has 1 fully saturated rings. The molecule has 2 rings (SSSR count). The van der Waals surface area contributed by atoms with Gasteiger partial charge in [0.2, 0.25) is 0 Å². The molecule has 1 aromatic rings. The van der Waals surface area contributed by atoms with Gasteiger partial charge in [-0.15, -0.1) is 9.42 Å². The van der Waals surface area contributed by atoms with Crippen LogP contribution in [0.3, 0.4) is 0 Å². The molecule has 0 aliphatic carbocycles. The first-order chi connectivity index (χ1) is 14.5. The average Bonchev–Trinajstić information content (AvgIpc) is 3.00. The number of ether oxygens (including phenoxy) is 2. The Hall–Kier alpha value is -1.84. The summed E-state index contributed by atoms with van der Waals surface area (Å²) < 4.78 is 29.0. The summed E-state index contributed by atoms with van der Waals surface area (Å²) in [6, 6.07) is 1.39. The predicted octanol–water partition coefficient (Wildman–Crippen LogP) is 2.50. The van der Waals surface area contributed by atoms with E-state index in [1.54, 1.807) is 0 Å². The van der Waals surface area contributed by atoms with Crippen LogP contribution >= 0.6 is 8.25 Å². The smallest absolute Gasteiger partial charge is 0.495 e. The molecule has 1 aliphatic heterocycles. The normalized spacial score (nSPS) is 26.9. The number of nitrogens with zero attached hydrogens (tertiary/aromatic N) is 2. The van der Waals surface area contributed by atoms with Gasteiger partial charge in [0, 0.05) is 10.8 Å². The number of hydrogen-bond donors (Lipinski definition) is 3. The molecule has 3 unspecified atom stereocenters. The third kappa shape index (κ3) is 6.57. The van der Waals surface area contributed by atoms with Gasteiger partial charge in [0.25, 0.3) is 0 Å². The molecule has 31 heavy (non-hydrogen) atoms. The van der Waals surface area contributed by atoms with Gasteiger partial charge in [-0.05, 0) is 43.7 Å². The molecule has 1 aromatic heterocycles. The summed E-state index contributed by atoms with van der Waals surface area (Å²) in [5.41, 5.74) is 5.87. The van der Waals surface area contributed by atoms with Crippen LogP contribution in [0.4, 0.5) is 5.82 Å². The van der Waals surface area contributed by atoms with Crippen molar-refractivity contribution in [3.05, 3.63) is 34.1 Å². The van der Waals surface area contributed by atoms with E-state index >= 15 is 0 Å². The van der Waals surface area contributed by atoms with Crippen molar-refractivity contribution < 1.29 is 28.6 Å². The minimum atomic E-state index is -3.01. The van der Waals surface area contributed by atoms with Gasteiger partial charge in [0.05, 0.1) is 5.76 Å². The summed E-state index contributed by atoms with van der Waals surface area (Å²) in [6.45, 7) is 10.4. The van der Waals surface area contributed by atoms with E-state index in [0.717, 1.165) is 28.7 Å². The molecule has 174 valence electrons. The minimum Gasteiger partial charge on any atom is -0.495 e. The molecular weight excluding hydrogens is 425 g/mol. The highest BCUT2D eigenvalue weighted by atomic mass is 31.1. The molecule has 11 heteroatoms. The number of hydrogen-bond acceptors (Lipinski definition) is 8. The second-order valence-electron chi connectivity index (χ2n) is 8.12. The highest BCUT2D eigenvalue weighted by Gasteiger charge is 2.50.